The first-order chi connectivity index (χ1) is 8.61. The van der Waals surface area contributed by atoms with Gasteiger partial charge in [-0.25, -0.2) is 4.39 Å². The van der Waals surface area contributed by atoms with Crippen molar-refractivity contribution in [3.05, 3.63) is 29.6 Å². The van der Waals surface area contributed by atoms with E-state index in [2.05, 4.69) is 0 Å². The van der Waals surface area contributed by atoms with Gasteiger partial charge in [0.15, 0.2) is 0 Å². The summed E-state index contributed by atoms with van der Waals surface area (Å²) < 4.78 is 18.7. The van der Waals surface area contributed by atoms with E-state index in [1.54, 1.807) is 6.07 Å². The highest BCUT2D eigenvalue weighted by atomic mass is 19.1. The molecule has 0 unspecified atom stereocenters. The molecular weight excluding hydrogens is 235 g/mol. The van der Waals surface area contributed by atoms with E-state index in [0.29, 0.717) is 11.3 Å². The summed E-state index contributed by atoms with van der Waals surface area (Å²) >= 11 is 0. The minimum atomic E-state index is -0.788. The quantitative estimate of drug-likeness (QED) is 0.867. The molecule has 1 saturated carbocycles. The van der Waals surface area contributed by atoms with Crippen LogP contribution in [0.3, 0.4) is 0 Å². The smallest absolute Gasteiger partial charge is 0.127 e. The molecule has 0 radical (unpaired) electrons. The second-order valence-electron chi connectivity index (χ2n) is 5.03. The Morgan fingerprint density at radius 1 is 1.17 bits per heavy atom. The van der Waals surface area contributed by atoms with Gasteiger partial charge in [-0.05, 0) is 30.5 Å². The maximum absolute atomic E-state index is 13.2. The molecule has 4 heteroatoms. The van der Waals surface area contributed by atoms with Crippen LogP contribution in [-0.4, -0.2) is 22.4 Å². The van der Waals surface area contributed by atoms with Gasteiger partial charge in [0.25, 0.3) is 0 Å². The Hall–Kier alpha value is -1.13. The molecule has 0 saturated heterocycles. The Balaban J connectivity index is 1.98. The Bertz CT molecular complexity index is 400. The maximum atomic E-state index is 13.2. The monoisotopic (exact) mass is 254 g/mol. The molecule has 18 heavy (non-hydrogen) atoms. The zero-order valence-corrected chi connectivity index (χ0v) is 10.4. The number of hydrogen-bond acceptors (Lipinski definition) is 3. The van der Waals surface area contributed by atoms with Crippen molar-refractivity contribution in [2.45, 2.75) is 44.3 Å². The summed E-state index contributed by atoms with van der Waals surface area (Å²) in [7, 11) is 0. The van der Waals surface area contributed by atoms with Crippen LogP contribution in [0.4, 0.5) is 4.39 Å². The second kappa shape index (κ2) is 5.67. The van der Waals surface area contributed by atoms with Crippen LogP contribution in [0.5, 0.6) is 5.75 Å². The summed E-state index contributed by atoms with van der Waals surface area (Å²) in [6.07, 6.45) is 4.62. The lowest BCUT2D eigenvalue weighted by Gasteiger charge is -2.31. The number of rotatable bonds is 4. The number of aliphatic hydroxyl groups is 2. The van der Waals surface area contributed by atoms with Crippen LogP contribution >= 0.6 is 0 Å². The average Bonchev–Trinajstić information content (AvgIpc) is 2.37. The van der Waals surface area contributed by atoms with E-state index in [-0.39, 0.29) is 13.2 Å². The highest BCUT2D eigenvalue weighted by Crippen LogP contribution is 2.29. The van der Waals surface area contributed by atoms with Gasteiger partial charge >= 0.3 is 0 Å². The molecule has 1 fully saturated rings. The Morgan fingerprint density at radius 3 is 2.56 bits per heavy atom. The molecule has 0 amide bonds. The summed E-state index contributed by atoms with van der Waals surface area (Å²) in [6, 6.07) is 4.13. The molecule has 100 valence electrons. The van der Waals surface area contributed by atoms with Crippen molar-refractivity contribution in [2.24, 2.45) is 0 Å². The van der Waals surface area contributed by atoms with Gasteiger partial charge in [0.05, 0.1) is 12.2 Å². The van der Waals surface area contributed by atoms with E-state index in [1.165, 1.54) is 12.1 Å². The first kappa shape index (κ1) is 13.3. The highest BCUT2D eigenvalue weighted by molar-refractivity contribution is 5.29. The third-order valence-corrected chi connectivity index (χ3v) is 3.41. The molecule has 1 aromatic rings. The minimum absolute atomic E-state index is 0.182. The number of benzene rings is 1. The van der Waals surface area contributed by atoms with Gasteiger partial charge in [-0.15, -0.1) is 0 Å². The van der Waals surface area contributed by atoms with Crippen LogP contribution in [0.15, 0.2) is 18.2 Å². The van der Waals surface area contributed by atoms with E-state index in [1.807, 2.05) is 0 Å². The third-order valence-electron chi connectivity index (χ3n) is 3.41. The van der Waals surface area contributed by atoms with E-state index >= 15 is 0 Å². The standard InChI is InChI=1S/C14H19FO3/c15-12-6-11(9-16)7-13(8-12)18-10-14(17)4-2-1-3-5-14/h6-8,16-17H,1-5,9-10H2. The van der Waals surface area contributed by atoms with Gasteiger partial charge in [0.2, 0.25) is 0 Å². The van der Waals surface area contributed by atoms with Crippen LogP contribution < -0.4 is 4.74 Å². The molecule has 0 spiro atoms. The number of halogens is 1. The molecular formula is C14H19FO3. The van der Waals surface area contributed by atoms with Gasteiger partial charge < -0.3 is 14.9 Å². The normalized spacial score (nSPS) is 18.6. The highest BCUT2D eigenvalue weighted by Gasteiger charge is 2.30. The largest absolute Gasteiger partial charge is 0.490 e. The van der Waals surface area contributed by atoms with Crippen molar-refractivity contribution in [3.63, 3.8) is 0 Å². The Morgan fingerprint density at radius 2 is 1.89 bits per heavy atom. The molecule has 0 aromatic heterocycles. The second-order valence-corrected chi connectivity index (χ2v) is 5.03. The van der Waals surface area contributed by atoms with Crippen molar-refractivity contribution in [1.82, 2.24) is 0 Å². The number of aliphatic hydroxyl groups excluding tert-OH is 1. The summed E-state index contributed by atoms with van der Waals surface area (Å²) in [5, 5.41) is 19.2. The lowest BCUT2D eigenvalue weighted by Crippen LogP contribution is -2.37. The summed E-state index contributed by atoms with van der Waals surface area (Å²) in [5.74, 6) is -0.0785. The van der Waals surface area contributed by atoms with Crippen LogP contribution in [-0.2, 0) is 6.61 Å². The topological polar surface area (TPSA) is 49.7 Å². The number of ether oxygens (including phenoxy) is 1. The molecule has 0 aliphatic heterocycles. The van der Waals surface area contributed by atoms with Crippen molar-refractivity contribution in [1.29, 1.82) is 0 Å². The predicted octanol–water partition coefficient (Wildman–Crippen LogP) is 2.39. The molecule has 1 aliphatic carbocycles. The third kappa shape index (κ3) is 3.43. The fraction of sp³-hybridized carbons (Fsp3) is 0.571. The molecule has 1 aliphatic rings. The molecule has 0 bridgehead atoms. The lowest BCUT2D eigenvalue weighted by atomic mass is 9.85. The molecule has 0 atom stereocenters. The molecule has 2 N–H and O–H groups in total. The van der Waals surface area contributed by atoms with Crippen LogP contribution in [0.25, 0.3) is 0 Å². The first-order valence-electron chi connectivity index (χ1n) is 6.37. The minimum Gasteiger partial charge on any atom is -0.490 e. The summed E-state index contributed by atoms with van der Waals surface area (Å²) in [5.41, 5.74) is -0.315. The van der Waals surface area contributed by atoms with Crippen LogP contribution in [0.1, 0.15) is 37.7 Å². The summed E-state index contributed by atoms with van der Waals surface area (Å²) in [6.45, 7) is -0.0420. The zero-order valence-electron chi connectivity index (χ0n) is 10.4. The first-order valence-corrected chi connectivity index (χ1v) is 6.37. The lowest BCUT2D eigenvalue weighted by molar-refractivity contribution is -0.0340. The molecule has 2 rings (SSSR count). The Labute approximate surface area is 106 Å². The fourth-order valence-electron chi connectivity index (χ4n) is 2.37. The van der Waals surface area contributed by atoms with E-state index in [4.69, 9.17) is 9.84 Å². The predicted molar refractivity (Wildman–Crippen MR) is 65.9 cm³/mol. The molecule has 1 aromatic carbocycles. The van der Waals surface area contributed by atoms with E-state index < -0.39 is 11.4 Å². The summed E-state index contributed by atoms with van der Waals surface area (Å²) in [4.78, 5) is 0. The van der Waals surface area contributed by atoms with Crippen molar-refractivity contribution < 1.29 is 19.3 Å². The van der Waals surface area contributed by atoms with Gasteiger partial charge in [-0.1, -0.05) is 19.3 Å². The van der Waals surface area contributed by atoms with Gasteiger partial charge in [-0.2, -0.15) is 0 Å². The zero-order chi connectivity index (χ0) is 13.0. The van der Waals surface area contributed by atoms with Crippen molar-refractivity contribution in [2.75, 3.05) is 6.61 Å². The van der Waals surface area contributed by atoms with Crippen LogP contribution in [0, 0.1) is 5.82 Å². The molecule has 3 nitrogen and oxygen atoms in total. The number of hydrogen-bond donors (Lipinski definition) is 2. The maximum Gasteiger partial charge on any atom is 0.127 e. The fourth-order valence-corrected chi connectivity index (χ4v) is 2.37. The van der Waals surface area contributed by atoms with Crippen molar-refractivity contribution >= 4 is 0 Å². The van der Waals surface area contributed by atoms with Gasteiger partial charge in [0.1, 0.15) is 18.2 Å². The van der Waals surface area contributed by atoms with E-state index in [9.17, 15) is 9.50 Å². The van der Waals surface area contributed by atoms with Gasteiger partial charge in [0, 0.05) is 6.07 Å². The van der Waals surface area contributed by atoms with E-state index in [0.717, 1.165) is 32.1 Å². The van der Waals surface area contributed by atoms with Gasteiger partial charge in [-0.3, -0.25) is 0 Å². The average molecular weight is 254 g/mol. The van der Waals surface area contributed by atoms with Crippen LogP contribution in [0.2, 0.25) is 0 Å². The molecule has 0 heterocycles. The Kier molecular flexibility index (Phi) is 4.19. The van der Waals surface area contributed by atoms with Crippen molar-refractivity contribution in [3.8, 4) is 5.75 Å². The SMILES string of the molecule is OCc1cc(F)cc(OCC2(O)CCCCC2)c1.